The molecule has 0 saturated heterocycles. The van der Waals surface area contributed by atoms with Gasteiger partial charge < -0.3 is 4.74 Å². The van der Waals surface area contributed by atoms with E-state index in [4.69, 9.17) is 4.55 Å². The Hall–Kier alpha value is -1.66. The van der Waals surface area contributed by atoms with Gasteiger partial charge in [-0.1, -0.05) is 18.2 Å². The van der Waals surface area contributed by atoms with Crippen LogP contribution >= 0.6 is 0 Å². The second-order valence-corrected chi connectivity index (χ2v) is 5.23. The number of carbonyl (C=O) groups excluding carboxylic acids is 1. The molecule has 0 radical (unpaired) electrons. The van der Waals surface area contributed by atoms with Crippen molar-refractivity contribution in [3.63, 3.8) is 0 Å². The van der Waals surface area contributed by atoms with Gasteiger partial charge in [0.05, 0.1) is 4.90 Å². The van der Waals surface area contributed by atoms with Crippen LogP contribution in [0.5, 0.6) is 0 Å². The van der Waals surface area contributed by atoms with E-state index < -0.39 is 10.1 Å². The summed E-state index contributed by atoms with van der Waals surface area (Å²) in [5.41, 5.74) is 1.56. The Labute approximate surface area is 106 Å². The molecule has 1 aliphatic rings. The molecule has 1 aromatic carbocycles. The molecule has 2 rings (SSSR count). The Morgan fingerprint density at radius 2 is 1.83 bits per heavy atom. The van der Waals surface area contributed by atoms with E-state index in [2.05, 4.69) is 4.74 Å². The Bertz CT molecular complexity index is 572. The highest BCUT2D eigenvalue weighted by molar-refractivity contribution is 7.85. The summed E-state index contributed by atoms with van der Waals surface area (Å²) < 4.78 is 34.4. The largest absolute Gasteiger partial charge is 0.458 e. The third-order valence-electron chi connectivity index (χ3n) is 2.18. The molecular weight excluding hydrogens is 256 g/mol. The van der Waals surface area contributed by atoms with Gasteiger partial charge in [-0.05, 0) is 31.1 Å². The van der Waals surface area contributed by atoms with Crippen LogP contribution in [0, 0.1) is 6.92 Å². The predicted octanol–water partition coefficient (Wildman–Crippen LogP) is 1.73. The normalized spacial score (nSPS) is 14.4. The van der Waals surface area contributed by atoms with Crippen LogP contribution in [0.15, 0.2) is 40.8 Å². The summed E-state index contributed by atoms with van der Waals surface area (Å²) >= 11 is 0. The van der Waals surface area contributed by atoms with Crippen LogP contribution in [0.3, 0.4) is 0 Å². The van der Waals surface area contributed by atoms with Crippen LogP contribution in [0.2, 0.25) is 0 Å². The smallest absolute Gasteiger partial charge is 0.331 e. The molecule has 18 heavy (non-hydrogen) atoms. The van der Waals surface area contributed by atoms with Crippen molar-refractivity contribution in [1.82, 2.24) is 0 Å². The van der Waals surface area contributed by atoms with E-state index in [1.165, 1.54) is 12.1 Å². The van der Waals surface area contributed by atoms with Crippen LogP contribution in [0.4, 0.5) is 0 Å². The first-order valence-corrected chi connectivity index (χ1v) is 6.62. The van der Waals surface area contributed by atoms with Crippen molar-refractivity contribution in [3.05, 3.63) is 41.5 Å². The number of hydrogen-bond donors (Lipinski definition) is 1. The summed E-state index contributed by atoms with van der Waals surface area (Å²) in [5, 5.41) is 0. The highest BCUT2D eigenvalue weighted by Gasteiger charge is 2.10. The first-order valence-electron chi connectivity index (χ1n) is 5.18. The van der Waals surface area contributed by atoms with Gasteiger partial charge in [0.15, 0.2) is 0 Å². The number of ether oxygens (including phenoxy) is 1. The maximum Gasteiger partial charge on any atom is 0.331 e. The summed E-state index contributed by atoms with van der Waals surface area (Å²) in [6.45, 7) is 3.98. The fourth-order valence-electron chi connectivity index (χ4n) is 1.32. The minimum Gasteiger partial charge on any atom is -0.458 e. The van der Waals surface area contributed by atoms with Gasteiger partial charge in [0, 0.05) is 6.08 Å². The van der Waals surface area contributed by atoms with E-state index >= 15 is 0 Å². The molecule has 5 nitrogen and oxygen atoms in total. The van der Waals surface area contributed by atoms with Crippen molar-refractivity contribution in [3.8, 4) is 0 Å². The van der Waals surface area contributed by atoms with Crippen molar-refractivity contribution >= 4 is 16.1 Å². The molecule has 0 bridgehead atoms. The average molecular weight is 270 g/mol. The molecule has 0 aliphatic carbocycles. The second kappa shape index (κ2) is 5.79. The molecule has 0 unspecified atom stereocenters. The minimum absolute atomic E-state index is 0.0278. The molecule has 1 aliphatic heterocycles. The Kier molecular flexibility index (Phi) is 4.63. The molecule has 0 fully saturated rings. The second-order valence-electron chi connectivity index (χ2n) is 3.84. The third-order valence-corrected chi connectivity index (χ3v) is 3.19. The van der Waals surface area contributed by atoms with Gasteiger partial charge in [0.25, 0.3) is 10.1 Å². The van der Waals surface area contributed by atoms with Gasteiger partial charge in [-0.2, -0.15) is 8.42 Å². The van der Waals surface area contributed by atoms with Gasteiger partial charge in [-0.15, -0.1) is 0 Å². The molecule has 1 aromatic rings. The SMILES string of the molecule is CC1=CC(=O)OC1.Cc1ccccc1S(=O)(=O)O. The van der Waals surface area contributed by atoms with Gasteiger partial charge in [-0.25, -0.2) is 4.79 Å². The third kappa shape index (κ3) is 4.31. The monoisotopic (exact) mass is 270 g/mol. The lowest BCUT2D eigenvalue weighted by Gasteiger charge is -1.99. The highest BCUT2D eigenvalue weighted by atomic mass is 32.2. The molecule has 0 saturated carbocycles. The molecule has 98 valence electrons. The molecule has 0 atom stereocenters. The number of aryl methyl sites for hydroxylation is 1. The first kappa shape index (κ1) is 14.4. The van der Waals surface area contributed by atoms with Crippen molar-refractivity contribution < 1.29 is 22.5 Å². The summed E-state index contributed by atoms with van der Waals surface area (Å²) in [6.07, 6.45) is 1.50. The van der Waals surface area contributed by atoms with Gasteiger partial charge in [-0.3, -0.25) is 4.55 Å². The van der Waals surface area contributed by atoms with E-state index in [0.29, 0.717) is 12.2 Å². The molecule has 0 aromatic heterocycles. The standard InChI is InChI=1S/C7H8O3S.C5H6O2/c1-6-4-2-3-5-7(6)11(8,9)10;1-4-2-5(6)7-3-4/h2-5H,1H3,(H,8,9,10);2H,3H2,1H3. The van der Waals surface area contributed by atoms with Crippen molar-refractivity contribution in [2.45, 2.75) is 18.7 Å². The fraction of sp³-hybridized carbons (Fsp3) is 0.250. The van der Waals surface area contributed by atoms with Crippen LogP contribution < -0.4 is 0 Å². The van der Waals surface area contributed by atoms with E-state index in [9.17, 15) is 13.2 Å². The quantitative estimate of drug-likeness (QED) is 0.621. The number of hydrogen-bond acceptors (Lipinski definition) is 4. The molecule has 1 N–H and O–H groups in total. The topological polar surface area (TPSA) is 80.7 Å². The van der Waals surface area contributed by atoms with Crippen LogP contribution in [-0.2, 0) is 19.6 Å². The lowest BCUT2D eigenvalue weighted by molar-refractivity contribution is -0.134. The lowest BCUT2D eigenvalue weighted by atomic mass is 10.2. The van der Waals surface area contributed by atoms with Crippen molar-refractivity contribution in [2.24, 2.45) is 0 Å². The molecule has 0 amide bonds. The van der Waals surface area contributed by atoms with Crippen LogP contribution in [0.1, 0.15) is 12.5 Å². The predicted molar refractivity (Wildman–Crippen MR) is 65.7 cm³/mol. The zero-order valence-electron chi connectivity index (χ0n) is 10.1. The molecule has 6 heteroatoms. The lowest BCUT2D eigenvalue weighted by Crippen LogP contribution is -1.99. The van der Waals surface area contributed by atoms with Gasteiger partial charge in [0.1, 0.15) is 6.61 Å². The summed E-state index contributed by atoms with van der Waals surface area (Å²) in [7, 11) is -4.03. The van der Waals surface area contributed by atoms with Crippen LogP contribution in [-0.4, -0.2) is 25.5 Å². The van der Waals surface area contributed by atoms with Crippen LogP contribution in [0.25, 0.3) is 0 Å². The minimum atomic E-state index is -4.03. The maximum atomic E-state index is 10.6. The van der Waals surface area contributed by atoms with Crippen molar-refractivity contribution in [1.29, 1.82) is 0 Å². The fourth-order valence-corrected chi connectivity index (χ4v) is 2.04. The summed E-state index contributed by atoms with van der Waals surface area (Å²) in [4.78, 5) is 10.1. The molecule has 1 heterocycles. The first-order chi connectivity index (χ1) is 8.30. The van der Waals surface area contributed by atoms with Gasteiger partial charge >= 0.3 is 5.97 Å². The number of cyclic esters (lactones) is 1. The Balaban J connectivity index is 0.000000199. The number of benzene rings is 1. The number of carbonyl (C=O) groups is 1. The number of esters is 1. The van der Waals surface area contributed by atoms with E-state index in [1.54, 1.807) is 25.1 Å². The Morgan fingerprint density at radius 1 is 1.22 bits per heavy atom. The van der Waals surface area contributed by atoms with Gasteiger partial charge in [0.2, 0.25) is 0 Å². The average Bonchev–Trinajstić information content (AvgIpc) is 2.62. The Morgan fingerprint density at radius 3 is 2.11 bits per heavy atom. The van der Waals surface area contributed by atoms with E-state index in [1.807, 2.05) is 6.92 Å². The van der Waals surface area contributed by atoms with E-state index in [-0.39, 0.29) is 10.9 Å². The zero-order chi connectivity index (χ0) is 13.8. The maximum absolute atomic E-state index is 10.6. The molecule has 0 spiro atoms. The summed E-state index contributed by atoms with van der Waals surface area (Å²) in [5.74, 6) is -0.211. The summed E-state index contributed by atoms with van der Waals surface area (Å²) in [6, 6.07) is 6.27. The highest BCUT2D eigenvalue weighted by Crippen LogP contribution is 2.12. The number of rotatable bonds is 1. The molecular formula is C12H14O5S. The van der Waals surface area contributed by atoms with E-state index in [0.717, 1.165) is 5.57 Å². The zero-order valence-corrected chi connectivity index (χ0v) is 10.9. The van der Waals surface area contributed by atoms with Crippen molar-refractivity contribution in [2.75, 3.05) is 6.61 Å².